The minimum absolute atomic E-state index is 0.298. The molecule has 0 amide bonds. The van der Waals surface area contributed by atoms with Gasteiger partial charge in [0.1, 0.15) is 30.2 Å². The van der Waals surface area contributed by atoms with Crippen LogP contribution >= 0.6 is 0 Å². The maximum Gasteiger partial charge on any atom is 0.229 e. The zero-order chi connectivity index (χ0) is 15.4. The zero-order valence-electron chi connectivity index (χ0n) is 12.0. The van der Waals surface area contributed by atoms with Crippen molar-refractivity contribution >= 4 is 5.69 Å². The number of anilines is 1. The lowest BCUT2D eigenvalue weighted by molar-refractivity contribution is -0.287. The van der Waals surface area contributed by atoms with Gasteiger partial charge in [-0.3, -0.25) is 0 Å². The average Bonchev–Trinajstić information content (AvgIpc) is 2.49. The Kier molecular flexibility index (Phi) is 5.38. The fourth-order valence-corrected chi connectivity index (χ4v) is 2.36. The standard InChI is InChI=1S/C14H21NO6/c1-18-12-10(7-16)21-14(13(19-2)11(12)17)20-9-5-3-8(15)4-6-9/h3-6,10-14,16-17H,7,15H2,1-2H3. The number of rotatable bonds is 5. The predicted molar refractivity (Wildman–Crippen MR) is 74.8 cm³/mol. The number of hydrogen-bond acceptors (Lipinski definition) is 7. The largest absolute Gasteiger partial charge is 0.462 e. The third kappa shape index (κ3) is 3.45. The van der Waals surface area contributed by atoms with Gasteiger partial charge in [0.15, 0.2) is 0 Å². The Labute approximate surface area is 123 Å². The lowest BCUT2D eigenvalue weighted by Crippen LogP contribution is -2.61. The van der Waals surface area contributed by atoms with E-state index in [1.54, 1.807) is 24.3 Å². The van der Waals surface area contributed by atoms with Gasteiger partial charge >= 0.3 is 0 Å². The number of ether oxygens (including phenoxy) is 4. The Morgan fingerprint density at radius 1 is 1.14 bits per heavy atom. The monoisotopic (exact) mass is 299 g/mol. The Bertz CT molecular complexity index is 440. The first-order valence-electron chi connectivity index (χ1n) is 6.63. The molecule has 118 valence electrons. The van der Waals surface area contributed by atoms with Crippen LogP contribution in [0.5, 0.6) is 5.75 Å². The minimum atomic E-state index is -0.982. The molecule has 7 nitrogen and oxygen atoms in total. The molecule has 1 saturated heterocycles. The van der Waals surface area contributed by atoms with E-state index >= 15 is 0 Å². The second kappa shape index (κ2) is 7.06. The van der Waals surface area contributed by atoms with E-state index in [0.717, 1.165) is 0 Å². The molecule has 1 fully saturated rings. The van der Waals surface area contributed by atoms with Crippen LogP contribution in [-0.4, -0.2) is 61.7 Å². The second-order valence-electron chi connectivity index (χ2n) is 4.80. The highest BCUT2D eigenvalue weighted by Gasteiger charge is 2.46. The van der Waals surface area contributed by atoms with Gasteiger partial charge in [-0.05, 0) is 24.3 Å². The van der Waals surface area contributed by atoms with Crippen molar-refractivity contribution in [1.29, 1.82) is 0 Å². The molecule has 4 N–H and O–H groups in total. The van der Waals surface area contributed by atoms with Crippen molar-refractivity contribution in [3.05, 3.63) is 24.3 Å². The SMILES string of the molecule is COC1C(CO)OC(Oc2ccc(N)cc2)C(OC)C1O. The smallest absolute Gasteiger partial charge is 0.229 e. The predicted octanol–water partition coefficient (Wildman–Crippen LogP) is -0.244. The fraction of sp³-hybridized carbons (Fsp3) is 0.571. The lowest BCUT2D eigenvalue weighted by Gasteiger charge is -2.42. The molecule has 1 aromatic rings. The summed E-state index contributed by atoms with van der Waals surface area (Å²) in [5, 5.41) is 19.6. The summed E-state index contributed by atoms with van der Waals surface area (Å²) in [6.07, 6.45) is -3.97. The van der Waals surface area contributed by atoms with E-state index in [9.17, 15) is 10.2 Å². The topological polar surface area (TPSA) is 103 Å². The summed E-state index contributed by atoms with van der Waals surface area (Å²) in [6.45, 7) is -0.298. The molecule has 5 atom stereocenters. The van der Waals surface area contributed by atoms with Gasteiger partial charge < -0.3 is 34.9 Å². The molecule has 2 rings (SSSR count). The summed E-state index contributed by atoms with van der Waals surface area (Å²) in [7, 11) is 2.89. The molecule has 0 radical (unpaired) electrons. The highest BCUT2D eigenvalue weighted by atomic mass is 16.7. The van der Waals surface area contributed by atoms with Crippen molar-refractivity contribution in [2.45, 2.75) is 30.7 Å². The number of methoxy groups -OCH3 is 2. The Morgan fingerprint density at radius 2 is 1.76 bits per heavy atom. The van der Waals surface area contributed by atoms with Crippen molar-refractivity contribution in [3.63, 3.8) is 0 Å². The van der Waals surface area contributed by atoms with E-state index in [0.29, 0.717) is 11.4 Å². The molecule has 1 aliphatic rings. The van der Waals surface area contributed by atoms with E-state index in [2.05, 4.69) is 0 Å². The van der Waals surface area contributed by atoms with E-state index in [-0.39, 0.29) is 6.61 Å². The summed E-state index contributed by atoms with van der Waals surface area (Å²) in [6, 6.07) is 6.76. The van der Waals surface area contributed by atoms with Crippen LogP contribution in [0.1, 0.15) is 0 Å². The number of nitrogens with two attached hydrogens (primary N) is 1. The molecular formula is C14H21NO6. The summed E-state index contributed by atoms with van der Waals surface area (Å²) in [5.74, 6) is 0.524. The normalized spacial score (nSPS) is 32.9. The summed E-state index contributed by atoms with van der Waals surface area (Å²) in [4.78, 5) is 0. The third-order valence-electron chi connectivity index (χ3n) is 3.47. The Hall–Kier alpha value is -1.38. The van der Waals surface area contributed by atoms with Crippen LogP contribution in [0.4, 0.5) is 5.69 Å². The Balaban J connectivity index is 2.14. The average molecular weight is 299 g/mol. The third-order valence-corrected chi connectivity index (χ3v) is 3.47. The summed E-state index contributed by atoms with van der Waals surface area (Å²) < 4.78 is 21.7. The summed E-state index contributed by atoms with van der Waals surface area (Å²) in [5.41, 5.74) is 6.23. The summed E-state index contributed by atoms with van der Waals surface area (Å²) >= 11 is 0. The van der Waals surface area contributed by atoms with E-state index < -0.39 is 30.7 Å². The number of benzene rings is 1. The first-order chi connectivity index (χ1) is 10.1. The van der Waals surface area contributed by atoms with Gasteiger partial charge in [-0.2, -0.15) is 0 Å². The molecule has 0 bridgehead atoms. The molecule has 7 heteroatoms. The minimum Gasteiger partial charge on any atom is -0.462 e. The second-order valence-corrected chi connectivity index (χ2v) is 4.80. The van der Waals surface area contributed by atoms with E-state index in [1.165, 1.54) is 14.2 Å². The number of hydrogen-bond donors (Lipinski definition) is 3. The molecular weight excluding hydrogens is 278 g/mol. The molecule has 21 heavy (non-hydrogen) atoms. The van der Waals surface area contributed by atoms with Crippen molar-refractivity contribution < 1.29 is 29.2 Å². The fourth-order valence-electron chi connectivity index (χ4n) is 2.36. The van der Waals surface area contributed by atoms with Crippen LogP contribution in [0.25, 0.3) is 0 Å². The van der Waals surface area contributed by atoms with Crippen LogP contribution in [0.3, 0.4) is 0 Å². The molecule has 0 aromatic heterocycles. The number of aliphatic hydroxyl groups is 2. The zero-order valence-corrected chi connectivity index (χ0v) is 12.0. The maximum atomic E-state index is 10.3. The highest BCUT2D eigenvalue weighted by molar-refractivity contribution is 5.41. The van der Waals surface area contributed by atoms with Crippen molar-refractivity contribution in [3.8, 4) is 5.75 Å². The number of aliphatic hydroxyl groups excluding tert-OH is 2. The quantitative estimate of drug-likeness (QED) is 0.644. The number of nitrogen functional groups attached to an aromatic ring is 1. The van der Waals surface area contributed by atoms with Gasteiger partial charge in [-0.15, -0.1) is 0 Å². The maximum absolute atomic E-state index is 10.3. The van der Waals surface area contributed by atoms with Gasteiger partial charge in [-0.25, -0.2) is 0 Å². The first kappa shape index (κ1) is 16.0. The van der Waals surface area contributed by atoms with Crippen molar-refractivity contribution in [1.82, 2.24) is 0 Å². The van der Waals surface area contributed by atoms with Crippen molar-refractivity contribution in [2.24, 2.45) is 0 Å². The van der Waals surface area contributed by atoms with Crippen LogP contribution < -0.4 is 10.5 Å². The van der Waals surface area contributed by atoms with Crippen molar-refractivity contribution in [2.75, 3.05) is 26.6 Å². The molecule has 1 aliphatic heterocycles. The van der Waals surface area contributed by atoms with Gasteiger partial charge in [0.05, 0.1) is 6.61 Å². The molecule has 0 aliphatic carbocycles. The molecule has 0 spiro atoms. The molecule has 5 unspecified atom stereocenters. The van der Waals surface area contributed by atoms with Gasteiger partial charge in [-0.1, -0.05) is 0 Å². The molecule has 1 heterocycles. The highest BCUT2D eigenvalue weighted by Crippen LogP contribution is 2.27. The van der Waals surface area contributed by atoms with Gasteiger partial charge in [0.2, 0.25) is 6.29 Å². The van der Waals surface area contributed by atoms with Crippen LogP contribution in [-0.2, 0) is 14.2 Å². The first-order valence-corrected chi connectivity index (χ1v) is 6.63. The lowest BCUT2D eigenvalue weighted by atomic mass is 9.99. The van der Waals surface area contributed by atoms with E-state index in [4.69, 9.17) is 24.7 Å². The molecule has 1 aromatic carbocycles. The van der Waals surface area contributed by atoms with Gasteiger partial charge in [0.25, 0.3) is 0 Å². The van der Waals surface area contributed by atoms with Crippen LogP contribution in [0, 0.1) is 0 Å². The van der Waals surface area contributed by atoms with Crippen LogP contribution in [0.15, 0.2) is 24.3 Å². The van der Waals surface area contributed by atoms with Gasteiger partial charge in [0, 0.05) is 19.9 Å². The van der Waals surface area contributed by atoms with Crippen LogP contribution in [0.2, 0.25) is 0 Å². The molecule has 0 saturated carbocycles. The van der Waals surface area contributed by atoms with E-state index in [1.807, 2.05) is 0 Å². The Morgan fingerprint density at radius 3 is 2.29 bits per heavy atom.